The Balaban J connectivity index is 2.17. The van der Waals surface area contributed by atoms with Crippen molar-refractivity contribution in [3.63, 3.8) is 0 Å². The first-order valence-corrected chi connectivity index (χ1v) is 5.19. The molecule has 12 heavy (non-hydrogen) atoms. The second kappa shape index (κ2) is 5.22. The number of thioether (sulfide) groups is 1. The average molecular weight is 185 g/mol. The minimum Gasteiger partial charge on any atom is -0.340 e. The van der Waals surface area contributed by atoms with Crippen LogP contribution in [-0.4, -0.2) is 21.8 Å². The van der Waals surface area contributed by atoms with Gasteiger partial charge in [0, 0.05) is 24.2 Å². The van der Waals surface area contributed by atoms with Crippen molar-refractivity contribution in [3.8, 4) is 0 Å². The first kappa shape index (κ1) is 9.61. The van der Waals surface area contributed by atoms with Gasteiger partial charge in [-0.15, -0.1) is 0 Å². The van der Waals surface area contributed by atoms with Gasteiger partial charge in [0.1, 0.15) is 0 Å². The van der Waals surface area contributed by atoms with E-state index in [4.69, 9.17) is 5.73 Å². The zero-order valence-corrected chi connectivity index (χ0v) is 8.10. The maximum absolute atomic E-state index is 5.84. The number of aromatic amines is 1. The topological polar surface area (TPSA) is 54.7 Å². The summed E-state index contributed by atoms with van der Waals surface area (Å²) in [5.74, 6) is 0.946. The first-order chi connectivity index (χ1) is 5.83. The Morgan fingerprint density at radius 1 is 1.75 bits per heavy atom. The Hall–Kier alpha value is -0.480. The van der Waals surface area contributed by atoms with Crippen LogP contribution in [0.15, 0.2) is 17.6 Å². The predicted octanol–water partition coefficient (Wildman–Crippen LogP) is 1.63. The fourth-order valence-corrected chi connectivity index (χ4v) is 1.80. The van der Waals surface area contributed by atoms with Crippen LogP contribution >= 0.6 is 11.8 Å². The summed E-state index contributed by atoms with van der Waals surface area (Å²) in [6.45, 7) is 2.15. The van der Waals surface area contributed by atoms with Gasteiger partial charge < -0.3 is 10.7 Å². The molecule has 0 aliphatic heterocycles. The summed E-state index contributed by atoms with van der Waals surface area (Å²) in [5.41, 5.74) is 5.84. The van der Waals surface area contributed by atoms with Gasteiger partial charge in [0.2, 0.25) is 0 Å². The van der Waals surface area contributed by atoms with E-state index in [9.17, 15) is 0 Å². The monoisotopic (exact) mass is 185 g/mol. The molecular weight excluding hydrogens is 170 g/mol. The lowest BCUT2D eigenvalue weighted by Gasteiger charge is -2.07. The molecule has 1 aromatic heterocycles. The molecule has 0 aliphatic carbocycles. The van der Waals surface area contributed by atoms with Crippen molar-refractivity contribution < 1.29 is 0 Å². The van der Waals surface area contributed by atoms with Crippen molar-refractivity contribution in [2.75, 3.05) is 5.75 Å². The van der Waals surface area contributed by atoms with Crippen LogP contribution in [0.4, 0.5) is 0 Å². The van der Waals surface area contributed by atoms with Crippen molar-refractivity contribution in [1.82, 2.24) is 9.97 Å². The molecule has 1 aromatic rings. The van der Waals surface area contributed by atoms with E-state index in [2.05, 4.69) is 16.9 Å². The minimum atomic E-state index is 0.296. The lowest BCUT2D eigenvalue weighted by molar-refractivity contribution is 0.660. The summed E-state index contributed by atoms with van der Waals surface area (Å²) in [7, 11) is 0. The van der Waals surface area contributed by atoms with E-state index in [1.54, 1.807) is 18.0 Å². The van der Waals surface area contributed by atoms with Crippen molar-refractivity contribution in [3.05, 3.63) is 12.4 Å². The van der Waals surface area contributed by atoms with Crippen molar-refractivity contribution in [1.29, 1.82) is 0 Å². The molecule has 0 bridgehead atoms. The van der Waals surface area contributed by atoms with Gasteiger partial charge in [-0.05, 0) is 6.42 Å². The van der Waals surface area contributed by atoms with Crippen LogP contribution in [0.1, 0.15) is 19.8 Å². The number of imidazole rings is 1. The predicted molar refractivity (Wildman–Crippen MR) is 52.2 cm³/mol. The van der Waals surface area contributed by atoms with Crippen molar-refractivity contribution >= 4 is 11.8 Å². The van der Waals surface area contributed by atoms with Gasteiger partial charge in [-0.25, -0.2) is 4.98 Å². The number of rotatable bonds is 5. The van der Waals surface area contributed by atoms with Crippen LogP contribution in [-0.2, 0) is 0 Å². The molecule has 3 nitrogen and oxygen atoms in total. The molecule has 0 amide bonds. The highest BCUT2D eigenvalue weighted by atomic mass is 32.2. The van der Waals surface area contributed by atoms with Crippen molar-refractivity contribution in [2.45, 2.75) is 31.0 Å². The molecule has 4 heteroatoms. The Labute approximate surface area is 77.1 Å². The number of hydrogen-bond acceptors (Lipinski definition) is 3. The lowest BCUT2D eigenvalue weighted by atomic mass is 10.2. The SMILES string of the molecule is CCCC(N)CSc1ncc[nH]1. The van der Waals surface area contributed by atoms with Gasteiger partial charge >= 0.3 is 0 Å². The summed E-state index contributed by atoms with van der Waals surface area (Å²) in [6, 6.07) is 0.296. The zero-order valence-electron chi connectivity index (χ0n) is 7.29. The van der Waals surface area contributed by atoms with Crippen LogP contribution in [0.2, 0.25) is 0 Å². The van der Waals surface area contributed by atoms with E-state index in [1.807, 2.05) is 6.20 Å². The van der Waals surface area contributed by atoms with Gasteiger partial charge in [0.05, 0.1) is 0 Å². The largest absolute Gasteiger partial charge is 0.340 e. The van der Waals surface area contributed by atoms with Gasteiger partial charge in [-0.2, -0.15) is 0 Å². The maximum atomic E-state index is 5.84. The van der Waals surface area contributed by atoms with Gasteiger partial charge in [0.15, 0.2) is 5.16 Å². The summed E-state index contributed by atoms with van der Waals surface area (Å²) >= 11 is 1.68. The zero-order chi connectivity index (χ0) is 8.81. The number of aromatic nitrogens is 2. The molecule has 0 aliphatic rings. The Bertz CT molecular complexity index is 198. The molecule has 68 valence electrons. The van der Waals surface area contributed by atoms with Gasteiger partial charge in [0.25, 0.3) is 0 Å². The minimum absolute atomic E-state index is 0.296. The molecule has 1 unspecified atom stereocenters. The van der Waals surface area contributed by atoms with E-state index in [0.717, 1.165) is 23.8 Å². The summed E-state index contributed by atoms with van der Waals surface area (Å²) in [5, 5.41) is 0.960. The quantitative estimate of drug-likeness (QED) is 0.685. The Morgan fingerprint density at radius 3 is 3.17 bits per heavy atom. The summed E-state index contributed by atoms with van der Waals surface area (Å²) < 4.78 is 0. The molecule has 1 atom stereocenters. The van der Waals surface area contributed by atoms with E-state index in [-0.39, 0.29) is 0 Å². The number of hydrogen-bond donors (Lipinski definition) is 2. The molecule has 1 heterocycles. The number of nitrogens with two attached hydrogens (primary N) is 1. The standard InChI is InChI=1S/C8H15N3S/c1-2-3-7(9)6-12-8-10-4-5-11-8/h4-5,7H,2-3,6,9H2,1H3,(H,10,11). The lowest BCUT2D eigenvalue weighted by Crippen LogP contribution is -2.22. The first-order valence-electron chi connectivity index (χ1n) is 4.20. The number of nitrogens with zero attached hydrogens (tertiary/aromatic N) is 1. The molecule has 0 radical (unpaired) electrons. The summed E-state index contributed by atoms with van der Waals surface area (Å²) in [6.07, 6.45) is 5.83. The second-order valence-corrected chi connectivity index (χ2v) is 3.76. The highest BCUT2D eigenvalue weighted by molar-refractivity contribution is 7.99. The molecule has 0 saturated heterocycles. The number of H-pyrrole nitrogens is 1. The molecule has 0 aromatic carbocycles. The third kappa shape index (κ3) is 3.28. The molecule has 0 fully saturated rings. The average Bonchev–Trinajstić information content (AvgIpc) is 2.53. The third-order valence-corrected chi connectivity index (χ3v) is 2.66. The molecule has 1 rings (SSSR count). The molecule has 0 saturated carbocycles. The second-order valence-electron chi connectivity index (χ2n) is 2.75. The van der Waals surface area contributed by atoms with Crippen LogP contribution in [0.5, 0.6) is 0 Å². The van der Waals surface area contributed by atoms with Crippen LogP contribution in [0, 0.1) is 0 Å². The third-order valence-electron chi connectivity index (χ3n) is 1.57. The van der Waals surface area contributed by atoms with E-state index >= 15 is 0 Å². The smallest absolute Gasteiger partial charge is 0.165 e. The van der Waals surface area contributed by atoms with Crippen LogP contribution in [0.25, 0.3) is 0 Å². The fraction of sp³-hybridized carbons (Fsp3) is 0.625. The fourth-order valence-electron chi connectivity index (χ4n) is 0.970. The normalized spacial score (nSPS) is 13.2. The highest BCUT2D eigenvalue weighted by Crippen LogP contribution is 2.13. The molecule has 0 spiro atoms. The Morgan fingerprint density at radius 2 is 2.58 bits per heavy atom. The maximum Gasteiger partial charge on any atom is 0.165 e. The van der Waals surface area contributed by atoms with E-state index < -0.39 is 0 Å². The number of nitrogens with one attached hydrogen (secondary N) is 1. The van der Waals surface area contributed by atoms with Crippen LogP contribution in [0.3, 0.4) is 0 Å². The van der Waals surface area contributed by atoms with Crippen LogP contribution < -0.4 is 5.73 Å². The molecule has 3 N–H and O–H groups in total. The molecular formula is C8H15N3S. The highest BCUT2D eigenvalue weighted by Gasteiger charge is 2.02. The van der Waals surface area contributed by atoms with E-state index in [0.29, 0.717) is 6.04 Å². The van der Waals surface area contributed by atoms with Gasteiger partial charge in [-0.1, -0.05) is 25.1 Å². The van der Waals surface area contributed by atoms with Crippen molar-refractivity contribution in [2.24, 2.45) is 5.73 Å². The summed E-state index contributed by atoms with van der Waals surface area (Å²) in [4.78, 5) is 7.13. The Kier molecular flexibility index (Phi) is 4.18. The van der Waals surface area contributed by atoms with E-state index in [1.165, 1.54) is 0 Å². The van der Waals surface area contributed by atoms with Gasteiger partial charge in [-0.3, -0.25) is 0 Å².